The molecule has 0 saturated heterocycles. The van der Waals surface area contributed by atoms with Crippen LogP contribution in [0.3, 0.4) is 0 Å². The second-order valence-electron chi connectivity index (χ2n) is 8.66. The Morgan fingerprint density at radius 3 is 2.00 bits per heavy atom. The van der Waals surface area contributed by atoms with E-state index in [0.29, 0.717) is 5.02 Å². The van der Waals surface area contributed by atoms with Crippen molar-refractivity contribution in [2.75, 3.05) is 0 Å². The van der Waals surface area contributed by atoms with Crippen molar-refractivity contribution in [2.24, 2.45) is 0 Å². The minimum atomic E-state index is -4.06. The van der Waals surface area contributed by atoms with E-state index in [1.807, 2.05) is 66.7 Å². The molecule has 0 amide bonds. The lowest BCUT2D eigenvalue weighted by Gasteiger charge is -2.16. The third kappa shape index (κ3) is 4.60. The van der Waals surface area contributed by atoms with Gasteiger partial charge in [0.15, 0.2) is 0 Å². The van der Waals surface area contributed by atoms with Gasteiger partial charge in [0, 0.05) is 10.9 Å². The van der Waals surface area contributed by atoms with Crippen molar-refractivity contribution in [3.63, 3.8) is 0 Å². The Morgan fingerprint density at radius 2 is 1.37 bits per heavy atom. The van der Waals surface area contributed by atoms with Crippen molar-refractivity contribution < 1.29 is 18.3 Å². The Bertz CT molecular complexity index is 1490. The van der Waals surface area contributed by atoms with Gasteiger partial charge in [0.2, 0.25) is 10.0 Å². The Hall–Kier alpha value is -3.45. The molecule has 0 radical (unpaired) electrons. The SMILES string of the molecule is O=C(O)[C@@]1(NS(=O)(=O)c2ccc(-c3ccc(Cl)cc3)cc2)C[C@H]1c1cccc(-c2ccccc2)c1. The molecule has 2 atom stereocenters. The molecule has 0 bridgehead atoms. The third-order valence-electron chi connectivity index (χ3n) is 6.40. The van der Waals surface area contributed by atoms with Crippen LogP contribution in [0.1, 0.15) is 17.9 Å². The molecule has 4 aromatic carbocycles. The summed E-state index contributed by atoms with van der Waals surface area (Å²) in [5, 5.41) is 10.6. The van der Waals surface area contributed by atoms with Gasteiger partial charge in [0.1, 0.15) is 5.54 Å². The zero-order chi connectivity index (χ0) is 24.6. The molecule has 7 heteroatoms. The molecule has 0 aromatic heterocycles. The van der Waals surface area contributed by atoms with Gasteiger partial charge in [-0.2, -0.15) is 4.72 Å². The molecule has 0 aliphatic heterocycles. The van der Waals surface area contributed by atoms with Crippen LogP contribution in [0.2, 0.25) is 5.02 Å². The second-order valence-corrected chi connectivity index (χ2v) is 10.8. The van der Waals surface area contributed by atoms with Crippen molar-refractivity contribution in [1.29, 1.82) is 0 Å². The average Bonchev–Trinajstić information content (AvgIpc) is 3.60. The van der Waals surface area contributed by atoms with E-state index in [-0.39, 0.29) is 11.3 Å². The highest BCUT2D eigenvalue weighted by Gasteiger charge is 2.63. The van der Waals surface area contributed by atoms with E-state index in [1.165, 1.54) is 12.1 Å². The number of rotatable bonds is 7. The summed E-state index contributed by atoms with van der Waals surface area (Å²) in [4.78, 5) is 12.3. The summed E-state index contributed by atoms with van der Waals surface area (Å²) in [7, 11) is -4.06. The van der Waals surface area contributed by atoms with E-state index in [2.05, 4.69) is 4.72 Å². The Labute approximate surface area is 209 Å². The molecule has 1 aliphatic carbocycles. The molecule has 1 aliphatic rings. The minimum absolute atomic E-state index is 0.0134. The second kappa shape index (κ2) is 8.96. The van der Waals surface area contributed by atoms with Crippen molar-refractivity contribution in [3.8, 4) is 22.3 Å². The highest BCUT2D eigenvalue weighted by atomic mass is 35.5. The zero-order valence-corrected chi connectivity index (χ0v) is 20.1. The van der Waals surface area contributed by atoms with Gasteiger partial charge < -0.3 is 5.11 Å². The van der Waals surface area contributed by atoms with Crippen LogP contribution in [-0.4, -0.2) is 25.0 Å². The van der Waals surface area contributed by atoms with Crippen LogP contribution in [-0.2, 0) is 14.8 Å². The Kier molecular flexibility index (Phi) is 5.97. The molecule has 1 saturated carbocycles. The summed E-state index contributed by atoms with van der Waals surface area (Å²) in [6, 6.07) is 30.9. The van der Waals surface area contributed by atoms with Gasteiger partial charge in [-0.25, -0.2) is 8.42 Å². The van der Waals surface area contributed by atoms with Crippen LogP contribution in [0.15, 0.2) is 108 Å². The molecular formula is C28H22ClNO4S. The van der Waals surface area contributed by atoms with Gasteiger partial charge in [-0.1, -0.05) is 90.5 Å². The summed E-state index contributed by atoms with van der Waals surface area (Å²) >= 11 is 5.94. The van der Waals surface area contributed by atoms with E-state index in [4.69, 9.17) is 11.6 Å². The van der Waals surface area contributed by atoms with Crippen molar-refractivity contribution >= 4 is 27.6 Å². The number of carboxylic acids is 1. The number of nitrogens with one attached hydrogen (secondary N) is 1. The van der Waals surface area contributed by atoms with Crippen LogP contribution in [0, 0.1) is 0 Å². The number of hydrogen-bond donors (Lipinski definition) is 2. The Morgan fingerprint density at radius 1 is 0.800 bits per heavy atom. The van der Waals surface area contributed by atoms with Crippen molar-refractivity contribution in [2.45, 2.75) is 22.8 Å². The summed E-state index contributed by atoms with van der Waals surface area (Å²) in [6.45, 7) is 0. The maximum Gasteiger partial charge on any atom is 0.325 e. The first kappa shape index (κ1) is 23.3. The third-order valence-corrected chi connectivity index (χ3v) is 8.17. The maximum atomic E-state index is 13.2. The molecule has 2 N–H and O–H groups in total. The molecule has 1 fully saturated rings. The zero-order valence-electron chi connectivity index (χ0n) is 18.6. The summed E-state index contributed by atoms with van der Waals surface area (Å²) in [5.74, 6) is -1.65. The predicted molar refractivity (Wildman–Crippen MR) is 137 cm³/mol. The standard InChI is InChI=1S/C28H22ClNO4S/c29-24-13-9-20(10-14-24)21-11-15-25(16-12-21)35(33,34)30-28(27(31)32)18-26(28)23-8-4-7-22(17-23)19-5-2-1-3-6-19/h1-17,26,30H,18H2,(H,31,32)/t26-,28+/m0/s1. The fraction of sp³-hybridized carbons (Fsp3) is 0.107. The highest BCUT2D eigenvalue weighted by molar-refractivity contribution is 7.89. The van der Waals surface area contributed by atoms with E-state index >= 15 is 0 Å². The minimum Gasteiger partial charge on any atom is -0.480 e. The van der Waals surface area contributed by atoms with E-state index < -0.39 is 27.4 Å². The number of aliphatic carboxylic acids is 1. The van der Waals surface area contributed by atoms with E-state index in [0.717, 1.165) is 27.8 Å². The number of carbonyl (C=O) groups is 1. The predicted octanol–water partition coefficient (Wildman–Crippen LogP) is 5.96. The number of sulfonamides is 1. The summed E-state index contributed by atoms with van der Waals surface area (Å²) in [6.07, 6.45) is 0.183. The number of halogens is 1. The smallest absolute Gasteiger partial charge is 0.325 e. The van der Waals surface area contributed by atoms with Crippen LogP contribution in [0.4, 0.5) is 0 Å². The van der Waals surface area contributed by atoms with Crippen LogP contribution in [0.25, 0.3) is 22.3 Å². The van der Waals surface area contributed by atoms with Gasteiger partial charge in [0.25, 0.3) is 0 Å². The molecular weight excluding hydrogens is 482 g/mol. The van der Waals surface area contributed by atoms with Gasteiger partial charge in [0.05, 0.1) is 4.90 Å². The largest absolute Gasteiger partial charge is 0.480 e. The van der Waals surface area contributed by atoms with E-state index in [9.17, 15) is 18.3 Å². The normalized spacial score (nSPS) is 19.3. The van der Waals surface area contributed by atoms with Gasteiger partial charge in [-0.3, -0.25) is 4.79 Å². The summed E-state index contributed by atoms with van der Waals surface area (Å²) in [5.41, 5.74) is 2.90. The first-order valence-corrected chi connectivity index (χ1v) is 12.9. The molecule has 35 heavy (non-hydrogen) atoms. The van der Waals surface area contributed by atoms with Crippen LogP contribution in [0.5, 0.6) is 0 Å². The van der Waals surface area contributed by atoms with Gasteiger partial charge >= 0.3 is 5.97 Å². The van der Waals surface area contributed by atoms with Crippen molar-refractivity contribution in [3.05, 3.63) is 114 Å². The fourth-order valence-electron chi connectivity index (χ4n) is 4.39. The van der Waals surface area contributed by atoms with Gasteiger partial charge in [-0.05, 0) is 58.5 Å². The monoisotopic (exact) mass is 503 g/mol. The Balaban J connectivity index is 1.39. The fourth-order valence-corrected chi connectivity index (χ4v) is 5.92. The lowest BCUT2D eigenvalue weighted by Crippen LogP contribution is -2.44. The lowest BCUT2D eigenvalue weighted by atomic mass is 9.99. The molecule has 4 aromatic rings. The number of carboxylic acid groups (broad SMARTS) is 1. The maximum absolute atomic E-state index is 13.2. The molecule has 176 valence electrons. The van der Waals surface area contributed by atoms with Gasteiger partial charge in [-0.15, -0.1) is 0 Å². The first-order chi connectivity index (χ1) is 16.8. The number of hydrogen-bond acceptors (Lipinski definition) is 3. The van der Waals surface area contributed by atoms with Crippen molar-refractivity contribution in [1.82, 2.24) is 4.72 Å². The van der Waals surface area contributed by atoms with Crippen LogP contribution >= 0.6 is 11.6 Å². The molecule has 0 heterocycles. The highest BCUT2D eigenvalue weighted by Crippen LogP contribution is 2.53. The lowest BCUT2D eigenvalue weighted by molar-refractivity contribution is -0.140. The summed E-state index contributed by atoms with van der Waals surface area (Å²) < 4.78 is 28.8. The van der Waals surface area contributed by atoms with E-state index in [1.54, 1.807) is 24.3 Å². The molecule has 5 rings (SSSR count). The first-order valence-electron chi connectivity index (χ1n) is 11.1. The topological polar surface area (TPSA) is 83.5 Å². The molecule has 0 spiro atoms. The quantitative estimate of drug-likeness (QED) is 0.326. The molecule has 5 nitrogen and oxygen atoms in total. The molecule has 0 unspecified atom stereocenters. The average molecular weight is 504 g/mol. The number of benzene rings is 4. The van der Waals surface area contributed by atoms with Crippen LogP contribution < -0.4 is 4.72 Å².